The molecule has 0 bridgehead atoms. The highest BCUT2D eigenvalue weighted by Gasteiger charge is 2.14. The molecule has 0 aliphatic carbocycles. The van der Waals surface area contributed by atoms with Crippen LogP contribution in [0.1, 0.15) is 11.1 Å². The van der Waals surface area contributed by atoms with E-state index in [1.165, 1.54) is 6.07 Å². The maximum absolute atomic E-state index is 11.0. The molecule has 0 atom stereocenters. The predicted octanol–water partition coefficient (Wildman–Crippen LogP) is 2.10. The molecule has 0 spiro atoms. The fourth-order valence-electron chi connectivity index (χ4n) is 1.66. The second-order valence-corrected chi connectivity index (χ2v) is 5.09. The third kappa shape index (κ3) is 1.79. The summed E-state index contributed by atoms with van der Waals surface area (Å²) in [6.45, 7) is 3.64. The molecule has 1 N–H and O–H groups in total. The van der Waals surface area contributed by atoms with Crippen molar-refractivity contribution in [3.63, 3.8) is 0 Å². The summed E-state index contributed by atoms with van der Waals surface area (Å²) < 4.78 is 31.0. The average Bonchev–Trinajstić information content (AvgIpc) is 2.18. The molecule has 1 aromatic heterocycles. The summed E-state index contributed by atoms with van der Waals surface area (Å²) in [4.78, 5) is 3.97. The normalized spacial score (nSPS) is 11.9. The van der Waals surface area contributed by atoms with Gasteiger partial charge in [0, 0.05) is 5.39 Å². The van der Waals surface area contributed by atoms with Crippen LogP contribution in [0, 0.1) is 13.8 Å². The van der Waals surface area contributed by atoms with Crippen LogP contribution in [0.3, 0.4) is 0 Å². The second kappa shape index (κ2) is 3.54. The van der Waals surface area contributed by atoms with Crippen molar-refractivity contribution in [2.75, 3.05) is 0 Å². The molecule has 0 fully saturated rings. The van der Waals surface area contributed by atoms with Crippen molar-refractivity contribution in [1.29, 1.82) is 0 Å². The summed E-state index contributed by atoms with van der Waals surface area (Å²) in [5.41, 5.74) is 2.27. The largest absolute Gasteiger partial charge is 0.312 e. The third-order valence-corrected chi connectivity index (χ3v) is 3.23. The van der Waals surface area contributed by atoms with E-state index in [2.05, 4.69) is 4.98 Å². The van der Waals surface area contributed by atoms with Crippen LogP contribution >= 0.6 is 0 Å². The number of hydrogen-bond acceptors (Lipinski definition) is 3. The van der Waals surface area contributed by atoms with E-state index < -0.39 is 10.1 Å². The van der Waals surface area contributed by atoms with E-state index in [4.69, 9.17) is 4.55 Å². The van der Waals surface area contributed by atoms with Crippen molar-refractivity contribution in [1.82, 2.24) is 4.98 Å². The lowest BCUT2D eigenvalue weighted by Gasteiger charge is -2.06. The Morgan fingerprint density at radius 3 is 2.50 bits per heavy atom. The number of pyridine rings is 1. The Balaban J connectivity index is 2.91. The van der Waals surface area contributed by atoms with Gasteiger partial charge in [-0.2, -0.15) is 8.42 Å². The van der Waals surface area contributed by atoms with Gasteiger partial charge < -0.3 is 0 Å². The smallest absolute Gasteiger partial charge is 0.281 e. The van der Waals surface area contributed by atoms with Crippen LogP contribution in [-0.4, -0.2) is 18.0 Å². The lowest BCUT2D eigenvalue weighted by atomic mass is 10.1. The zero-order valence-electron chi connectivity index (χ0n) is 8.93. The van der Waals surface area contributed by atoms with Crippen molar-refractivity contribution < 1.29 is 13.0 Å². The van der Waals surface area contributed by atoms with Gasteiger partial charge in [-0.05, 0) is 31.0 Å². The molecule has 0 saturated carbocycles. The SMILES string of the molecule is Cc1cc(S(=O)(=O)O)nc2c(C)cccc12. The van der Waals surface area contributed by atoms with Gasteiger partial charge in [0.25, 0.3) is 0 Å². The zero-order valence-corrected chi connectivity index (χ0v) is 9.75. The second-order valence-electron chi connectivity index (χ2n) is 3.72. The van der Waals surface area contributed by atoms with Gasteiger partial charge >= 0.3 is 10.1 Å². The van der Waals surface area contributed by atoms with Crippen molar-refractivity contribution in [2.45, 2.75) is 18.9 Å². The molecule has 0 amide bonds. The van der Waals surface area contributed by atoms with E-state index in [9.17, 15) is 8.42 Å². The minimum absolute atomic E-state index is 0.299. The molecule has 1 heterocycles. The number of hydrogen-bond donors (Lipinski definition) is 1. The molecule has 2 aromatic rings. The number of rotatable bonds is 1. The van der Waals surface area contributed by atoms with Crippen LogP contribution < -0.4 is 0 Å². The molecule has 0 saturated heterocycles. The first-order valence-electron chi connectivity index (χ1n) is 4.74. The summed E-state index contributed by atoms with van der Waals surface area (Å²) in [7, 11) is -4.24. The van der Waals surface area contributed by atoms with Gasteiger partial charge in [0.1, 0.15) is 0 Å². The molecule has 16 heavy (non-hydrogen) atoms. The molecule has 0 aliphatic heterocycles. The highest BCUT2D eigenvalue weighted by atomic mass is 32.2. The standard InChI is InChI=1S/C11H11NO3S/c1-7-4-3-5-9-8(2)6-10(12-11(7)9)16(13,14)15/h3-6H,1-2H3,(H,13,14,15). The number of aryl methyl sites for hydroxylation is 2. The Bertz CT molecular complexity index is 662. The summed E-state index contributed by atoms with van der Waals surface area (Å²) in [5.74, 6) is 0. The zero-order chi connectivity index (χ0) is 11.9. The first kappa shape index (κ1) is 11.0. The van der Waals surface area contributed by atoms with Crippen molar-refractivity contribution in [2.24, 2.45) is 0 Å². The number of aromatic nitrogens is 1. The minimum atomic E-state index is -4.24. The van der Waals surface area contributed by atoms with Crippen LogP contribution in [0.25, 0.3) is 10.9 Å². The fourth-order valence-corrected chi connectivity index (χ4v) is 2.20. The van der Waals surface area contributed by atoms with Crippen LogP contribution in [0.5, 0.6) is 0 Å². The lowest BCUT2D eigenvalue weighted by Crippen LogP contribution is -2.03. The van der Waals surface area contributed by atoms with Gasteiger partial charge in [-0.25, -0.2) is 4.98 Å². The van der Waals surface area contributed by atoms with Crippen LogP contribution in [0.15, 0.2) is 29.3 Å². The molecule has 1 aromatic carbocycles. The van der Waals surface area contributed by atoms with Gasteiger partial charge in [-0.1, -0.05) is 18.2 Å². The molecule has 84 valence electrons. The Hall–Kier alpha value is -1.46. The molecule has 2 rings (SSSR count). The van der Waals surface area contributed by atoms with E-state index in [1.807, 2.05) is 25.1 Å². The lowest BCUT2D eigenvalue weighted by molar-refractivity contribution is 0.479. The first-order valence-corrected chi connectivity index (χ1v) is 6.18. The van der Waals surface area contributed by atoms with Crippen molar-refractivity contribution in [3.05, 3.63) is 35.4 Å². The number of nitrogens with zero attached hydrogens (tertiary/aromatic N) is 1. The Morgan fingerprint density at radius 1 is 1.19 bits per heavy atom. The maximum Gasteiger partial charge on any atom is 0.312 e. The molecule has 4 nitrogen and oxygen atoms in total. The molecule has 0 radical (unpaired) electrons. The molecule has 0 unspecified atom stereocenters. The quantitative estimate of drug-likeness (QED) is 0.771. The molecule has 0 aliphatic rings. The topological polar surface area (TPSA) is 67.3 Å². The third-order valence-electron chi connectivity index (χ3n) is 2.49. The number of benzene rings is 1. The summed E-state index contributed by atoms with van der Waals surface area (Å²) >= 11 is 0. The van der Waals surface area contributed by atoms with Gasteiger partial charge in [-0.3, -0.25) is 4.55 Å². The summed E-state index contributed by atoms with van der Waals surface area (Å²) in [6.07, 6.45) is 0. The fraction of sp³-hybridized carbons (Fsp3) is 0.182. The van der Waals surface area contributed by atoms with Crippen molar-refractivity contribution in [3.8, 4) is 0 Å². The molecular formula is C11H11NO3S. The van der Waals surface area contributed by atoms with Crippen molar-refractivity contribution >= 4 is 21.0 Å². The van der Waals surface area contributed by atoms with E-state index in [0.717, 1.165) is 16.5 Å². The maximum atomic E-state index is 11.0. The van der Waals surface area contributed by atoms with E-state index in [1.54, 1.807) is 6.92 Å². The summed E-state index contributed by atoms with van der Waals surface area (Å²) in [6, 6.07) is 6.98. The monoisotopic (exact) mass is 237 g/mol. The average molecular weight is 237 g/mol. The minimum Gasteiger partial charge on any atom is -0.281 e. The predicted molar refractivity (Wildman–Crippen MR) is 61.0 cm³/mol. The Kier molecular flexibility index (Phi) is 2.44. The molecule has 5 heteroatoms. The first-order chi connectivity index (χ1) is 7.39. The van der Waals surface area contributed by atoms with Crippen LogP contribution in [-0.2, 0) is 10.1 Å². The highest BCUT2D eigenvalue weighted by molar-refractivity contribution is 7.85. The van der Waals surface area contributed by atoms with Crippen LogP contribution in [0.2, 0.25) is 0 Å². The number of para-hydroxylation sites is 1. The van der Waals surface area contributed by atoms with E-state index in [-0.39, 0.29) is 5.03 Å². The van der Waals surface area contributed by atoms with E-state index >= 15 is 0 Å². The Morgan fingerprint density at radius 2 is 1.88 bits per heavy atom. The van der Waals surface area contributed by atoms with Gasteiger partial charge in [-0.15, -0.1) is 0 Å². The molecular weight excluding hydrogens is 226 g/mol. The Labute approximate surface area is 93.7 Å². The van der Waals surface area contributed by atoms with Crippen LogP contribution in [0.4, 0.5) is 0 Å². The number of fused-ring (bicyclic) bond motifs is 1. The van der Waals surface area contributed by atoms with Gasteiger partial charge in [0.2, 0.25) is 0 Å². The van der Waals surface area contributed by atoms with Gasteiger partial charge in [0.05, 0.1) is 5.52 Å². The van der Waals surface area contributed by atoms with Gasteiger partial charge in [0.15, 0.2) is 5.03 Å². The summed E-state index contributed by atoms with van der Waals surface area (Å²) in [5, 5.41) is 0.596. The van der Waals surface area contributed by atoms with E-state index in [0.29, 0.717) is 5.52 Å². The highest BCUT2D eigenvalue weighted by Crippen LogP contribution is 2.22.